The van der Waals surface area contributed by atoms with Crippen LogP contribution in [0.15, 0.2) is 35.7 Å². The van der Waals surface area contributed by atoms with Crippen molar-refractivity contribution < 1.29 is 19.1 Å². The predicted molar refractivity (Wildman–Crippen MR) is 108 cm³/mol. The number of thiophene rings is 1. The lowest BCUT2D eigenvalue weighted by Gasteiger charge is -2.26. The van der Waals surface area contributed by atoms with Crippen LogP contribution in [0.1, 0.15) is 42.8 Å². The van der Waals surface area contributed by atoms with Crippen LogP contribution in [0.5, 0.6) is 11.5 Å². The highest BCUT2D eigenvalue weighted by molar-refractivity contribution is 7.10. The molecule has 4 N–H and O–H groups in total. The molecule has 1 aliphatic heterocycles. The Hall–Kier alpha value is -2.74. The second-order valence-electron chi connectivity index (χ2n) is 6.97. The number of primary amides is 1. The normalized spacial score (nSPS) is 15.0. The average Bonchev–Trinajstić information content (AvgIpc) is 3.19. The van der Waals surface area contributed by atoms with Gasteiger partial charge in [-0.15, -0.1) is 11.3 Å². The fourth-order valence-electron chi connectivity index (χ4n) is 3.19. The molecular formula is C20H25N3O4S. The van der Waals surface area contributed by atoms with Crippen LogP contribution in [0.3, 0.4) is 0 Å². The molecule has 3 rings (SSSR count). The van der Waals surface area contributed by atoms with Gasteiger partial charge < -0.3 is 25.8 Å². The van der Waals surface area contributed by atoms with Crippen LogP contribution in [0, 0.1) is 5.92 Å². The minimum atomic E-state index is -0.654. The number of nitrogens with one attached hydrogen (secondary N) is 2. The van der Waals surface area contributed by atoms with Crippen molar-refractivity contribution >= 4 is 23.3 Å². The van der Waals surface area contributed by atoms with Crippen molar-refractivity contribution in [2.24, 2.45) is 11.7 Å². The summed E-state index contributed by atoms with van der Waals surface area (Å²) in [5, 5.41) is 7.63. The number of ether oxygens (including phenoxy) is 2. The van der Waals surface area contributed by atoms with Crippen molar-refractivity contribution in [2.75, 3.05) is 13.2 Å². The van der Waals surface area contributed by atoms with E-state index in [0.29, 0.717) is 24.7 Å². The zero-order valence-electron chi connectivity index (χ0n) is 15.9. The molecule has 2 atom stereocenters. The molecule has 2 unspecified atom stereocenters. The van der Waals surface area contributed by atoms with Gasteiger partial charge in [-0.1, -0.05) is 26.0 Å². The van der Waals surface area contributed by atoms with Crippen LogP contribution in [-0.4, -0.2) is 25.2 Å². The molecule has 28 heavy (non-hydrogen) atoms. The van der Waals surface area contributed by atoms with Crippen molar-refractivity contribution in [1.29, 1.82) is 0 Å². The molecule has 0 radical (unpaired) electrons. The number of hydrogen-bond donors (Lipinski definition) is 3. The minimum absolute atomic E-state index is 0.108. The molecule has 2 heterocycles. The van der Waals surface area contributed by atoms with E-state index in [1.807, 2.05) is 49.6 Å². The van der Waals surface area contributed by atoms with Gasteiger partial charge in [0.25, 0.3) is 0 Å². The van der Waals surface area contributed by atoms with E-state index in [9.17, 15) is 9.59 Å². The molecule has 0 aliphatic carbocycles. The summed E-state index contributed by atoms with van der Waals surface area (Å²) in [4.78, 5) is 25.0. The predicted octanol–water partition coefficient (Wildman–Crippen LogP) is 3.13. The Kier molecular flexibility index (Phi) is 6.41. The summed E-state index contributed by atoms with van der Waals surface area (Å²) < 4.78 is 11.2. The van der Waals surface area contributed by atoms with Crippen LogP contribution >= 0.6 is 11.3 Å². The smallest absolute Gasteiger partial charge is 0.312 e. The van der Waals surface area contributed by atoms with Gasteiger partial charge in [0.2, 0.25) is 5.91 Å². The highest BCUT2D eigenvalue weighted by Crippen LogP contribution is 2.34. The van der Waals surface area contributed by atoms with Gasteiger partial charge in [-0.3, -0.25) is 4.79 Å². The topological polar surface area (TPSA) is 103 Å². The van der Waals surface area contributed by atoms with Crippen LogP contribution < -0.4 is 25.8 Å². The Bertz CT molecular complexity index is 823. The first-order valence-electron chi connectivity index (χ1n) is 9.22. The summed E-state index contributed by atoms with van der Waals surface area (Å²) in [7, 11) is 0. The van der Waals surface area contributed by atoms with Crippen molar-refractivity contribution in [3.63, 3.8) is 0 Å². The van der Waals surface area contributed by atoms with E-state index < -0.39 is 12.1 Å². The number of rotatable bonds is 7. The molecule has 150 valence electrons. The number of amides is 3. The van der Waals surface area contributed by atoms with Crippen LogP contribution in [-0.2, 0) is 4.79 Å². The molecule has 3 amide bonds. The van der Waals surface area contributed by atoms with Gasteiger partial charge in [0, 0.05) is 4.88 Å². The van der Waals surface area contributed by atoms with Gasteiger partial charge >= 0.3 is 6.03 Å². The lowest BCUT2D eigenvalue weighted by Crippen LogP contribution is -2.38. The number of urea groups is 1. The zero-order valence-corrected chi connectivity index (χ0v) is 16.8. The highest BCUT2D eigenvalue weighted by atomic mass is 32.1. The van der Waals surface area contributed by atoms with Gasteiger partial charge in [-0.2, -0.15) is 0 Å². The molecule has 8 heteroatoms. The van der Waals surface area contributed by atoms with E-state index in [1.165, 1.54) is 11.3 Å². The summed E-state index contributed by atoms with van der Waals surface area (Å²) in [5.41, 5.74) is 6.22. The zero-order chi connectivity index (χ0) is 20.1. The average molecular weight is 404 g/mol. The summed E-state index contributed by atoms with van der Waals surface area (Å²) >= 11 is 1.47. The minimum Gasteiger partial charge on any atom is -0.486 e. The number of carbonyl (C=O) groups excluding carboxylic acids is 2. The third kappa shape index (κ3) is 4.95. The number of benzene rings is 1. The summed E-state index contributed by atoms with van der Waals surface area (Å²) in [6.45, 7) is 5.13. The van der Waals surface area contributed by atoms with E-state index in [0.717, 1.165) is 10.4 Å². The molecule has 1 aromatic carbocycles. The van der Waals surface area contributed by atoms with Crippen molar-refractivity contribution in [3.05, 3.63) is 46.2 Å². The van der Waals surface area contributed by atoms with Gasteiger partial charge in [0.15, 0.2) is 11.5 Å². The Morgan fingerprint density at radius 3 is 2.54 bits per heavy atom. The molecule has 2 aromatic rings. The van der Waals surface area contributed by atoms with Crippen molar-refractivity contribution in [3.8, 4) is 11.5 Å². The molecule has 0 bridgehead atoms. The number of hydrogen-bond acceptors (Lipinski definition) is 5. The van der Waals surface area contributed by atoms with Crippen LogP contribution in [0.2, 0.25) is 0 Å². The monoisotopic (exact) mass is 403 g/mol. The molecule has 0 saturated carbocycles. The van der Waals surface area contributed by atoms with Gasteiger partial charge in [-0.25, -0.2) is 4.79 Å². The van der Waals surface area contributed by atoms with Gasteiger partial charge in [-0.05, 0) is 35.1 Å². The standard InChI is InChI=1S/C20H25N3O4S/c1-12(2)19(13-5-6-15-16(10-13)27-8-7-26-15)23-18(24)11-14(22-20(21)25)17-4-3-9-28-17/h3-6,9-10,12,14,19H,7-8,11H2,1-2H3,(H,23,24)(H3,21,22,25). The van der Waals surface area contributed by atoms with E-state index in [-0.39, 0.29) is 24.3 Å². The van der Waals surface area contributed by atoms with Gasteiger partial charge in [0.05, 0.1) is 18.5 Å². The third-order valence-corrected chi connectivity index (χ3v) is 5.49. The molecule has 1 aromatic heterocycles. The molecule has 0 saturated heterocycles. The van der Waals surface area contributed by atoms with Crippen LogP contribution in [0.4, 0.5) is 4.79 Å². The third-order valence-electron chi connectivity index (χ3n) is 4.50. The Labute approximate surface area is 168 Å². The van der Waals surface area contributed by atoms with E-state index in [2.05, 4.69) is 10.6 Å². The first-order valence-corrected chi connectivity index (χ1v) is 10.1. The Balaban J connectivity index is 1.73. The second-order valence-corrected chi connectivity index (χ2v) is 7.95. The maximum Gasteiger partial charge on any atom is 0.312 e. The number of carbonyl (C=O) groups is 2. The second kappa shape index (κ2) is 8.97. The Morgan fingerprint density at radius 2 is 1.89 bits per heavy atom. The maximum atomic E-state index is 12.8. The van der Waals surface area contributed by atoms with E-state index in [1.54, 1.807) is 0 Å². The SMILES string of the molecule is CC(C)C(NC(=O)CC(NC(N)=O)c1cccs1)c1ccc2c(c1)OCCO2. The molecule has 0 fully saturated rings. The van der Waals surface area contributed by atoms with E-state index >= 15 is 0 Å². The fourth-order valence-corrected chi connectivity index (χ4v) is 3.97. The van der Waals surface area contributed by atoms with Crippen LogP contribution in [0.25, 0.3) is 0 Å². The first kappa shape index (κ1) is 20.0. The Morgan fingerprint density at radius 1 is 1.14 bits per heavy atom. The largest absolute Gasteiger partial charge is 0.486 e. The quantitative estimate of drug-likeness (QED) is 0.661. The lowest BCUT2D eigenvalue weighted by atomic mass is 9.95. The maximum absolute atomic E-state index is 12.8. The summed E-state index contributed by atoms with van der Waals surface area (Å²) in [5.74, 6) is 1.40. The number of fused-ring (bicyclic) bond motifs is 1. The first-order chi connectivity index (χ1) is 13.4. The van der Waals surface area contributed by atoms with E-state index in [4.69, 9.17) is 15.2 Å². The molecule has 7 nitrogen and oxygen atoms in total. The molecular weight excluding hydrogens is 378 g/mol. The van der Waals surface area contributed by atoms with Crippen molar-refractivity contribution in [2.45, 2.75) is 32.4 Å². The fraction of sp³-hybridized carbons (Fsp3) is 0.400. The molecule has 1 aliphatic rings. The summed E-state index contributed by atoms with van der Waals surface area (Å²) in [6, 6.07) is 8.17. The van der Waals surface area contributed by atoms with Gasteiger partial charge in [0.1, 0.15) is 13.2 Å². The highest BCUT2D eigenvalue weighted by Gasteiger charge is 2.24. The molecule has 0 spiro atoms. The lowest BCUT2D eigenvalue weighted by molar-refractivity contribution is -0.122. The summed E-state index contributed by atoms with van der Waals surface area (Å²) in [6.07, 6.45) is 0.108. The number of nitrogens with two attached hydrogens (primary N) is 1. The van der Waals surface area contributed by atoms with Crippen molar-refractivity contribution in [1.82, 2.24) is 10.6 Å².